The molecule has 3 amide bonds. The molecule has 4 N–H and O–H groups in total. The lowest BCUT2D eigenvalue weighted by atomic mass is 10.2. The zero-order valence-corrected chi connectivity index (χ0v) is 18.3. The van der Waals surface area contributed by atoms with Crippen molar-refractivity contribution in [3.63, 3.8) is 0 Å². The first-order chi connectivity index (χ1) is 16.2. The largest absolute Gasteiger partial charge is 0.329 e. The molecule has 12 heteroatoms. The zero-order valence-electron chi connectivity index (χ0n) is 17.4. The van der Waals surface area contributed by atoms with E-state index in [1.165, 1.54) is 24.3 Å². The second-order valence-corrected chi connectivity index (χ2v) is 8.68. The van der Waals surface area contributed by atoms with E-state index in [9.17, 15) is 31.2 Å². The monoisotopic (exact) mass is 492 g/mol. The van der Waals surface area contributed by atoms with E-state index in [1.807, 2.05) is 11.4 Å². The molecule has 0 aliphatic rings. The molecule has 8 nitrogen and oxygen atoms in total. The minimum Gasteiger partial charge on any atom is -0.329 e. The Kier molecular flexibility index (Phi) is 7.87. The van der Waals surface area contributed by atoms with Crippen LogP contribution in [0, 0.1) is 17.5 Å². The van der Waals surface area contributed by atoms with Crippen LogP contribution in [-0.4, -0.2) is 26.9 Å². The van der Waals surface area contributed by atoms with Crippen molar-refractivity contribution in [3.05, 3.63) is 89.7 Å². The lowest BCUT2D eigenvalue weighted by Gasteiger charge is -2.10. The summed E-state index contributed by atoms with van der Waals surface area (Å²) in [7, 11) is -3.78. The van der Waals surface area contributed by atoms with E-state index in [0.29, 0.717) is 6.07 Å². The van der Waals surface area contributed by atoms with E-state index < -0.39 is 51.6 Å². The second-order valence-electron chi connectivity index (χ2n) is 6.91. The summed E-state index contributed by atoms with van der Waals surface area (Å²) in [4.78, 5) is 23.8. The van der Waals surface area contributed by atoms with Gasteiger partial charge in [0.25, 0.3) is 0 Å². The molecule has 0 fully saturated rings. The van der Waals surface area contributed by atoms with E-state index in [-0.39, 0.29) is 17.1 Å². The van der Waals surface area contributed by atoms with Crippen molar-refractivity contribution < 1.29 is 31.2 Å². The number of anilines is 2. The van der Waals surface area contributed by atoms with E-state index in [4.69, 9.17) is 0 Å². The van der Waals surface area contributed by atoms with Gasteiger partial charge in [-0.1, -0.05) is 30.3 Å². The van der Waals surface area contributed by atoms with Crippen molar-refractivity contribution in [2.24, 2.45) is 0 Å². The predicted octanol–water partition coefficient (Wildman–Crippen LogP) is 3.34. The lowest BCUT2D eigenvalue weighted by molar-refractivity contribution is -0.115. The quantitative estimate of drug-likeness (QED) is 0.361. The Labute approximate surface area is 193 Å². The van der Waals surface area contributed by atoms with Gasteiger partial charge in [-0.3, -0.25) is 4.79 Å². The van der Waals surface area contributed by atoms with Crippen molar-refractivity contribution in [2.45, 2.75) is 11.4 Å². The number of nitrogens with one attached hydrogen (secondary N) is 4. The molecule has 0 aliphatic carbocycles. The zero-order chi connectivity index (χ0) is 24.7. The molecular weight excluding hydrogens is 473 g/mol. The topological polar surface area (TPSA) is 116 Å². The van der Waals surface area contributed by atoms with Crippen LogP contribution in [0.4, 0.5) is 29.3 Å². The summed E-state index contributed by atoms with van der Waals surface area (Å²) >= 11 is 0. The Morgan fingerprint density at radius 1 is 0.794 bits per heavy atom. The number of sulfonamides is 1. The van der Waals surface area contributed by atoms with Crippen molar-refractivity contribution in [3.8, 4) is 0 Å². The van der Waals surface area contributed by atoms with Gasteiger partial charge < -0.3 is 16.0 Å². The standard InChI is InChI=1S/C22H19F3N4O4S/c23-17-10-11-18(21(25)20(17)24)29-19(30)13-26-22(31)28-15-6-8-16(9-7-15)34(32,33)27-12-14-4-2-1-3-5-14/h1-11,27H,12-13H2,(H,29,30)(H2,26,28,31). The first-order valence-corrected chi connectivity index (χ1v) is 11.3. The number of benzene rings is 3. The second kappa shape index (κ2) is 10.8. The molecule has 0 atom stereocenters. The van der Waals surface area contributed by atoms with Crippen LogP contribution in [0.2, 0.25) is 0 Å². The lowest BCUT2D eigenvalue weighted by Crippen LogP contribution is -2.36. The molecule has 0 saturated heterocycles. The summed E-state index contributed by atoms with van der Waals surface area (Å²) in [6, 6.07) is 14.9. The fourth-order valence-corrected chi connectivity index (χ4v) is 3.75. The Morgan fingerprint density at radius 2 is 1.47 bits per heavy atom. The number of urea groups is 1. The molecule has 0 radical (unpaired) electrons. The van der Waals surface area contributed by atoms with Crippen molar-refractivity contribution >= 4 is 33.3 Å². The highest BCUT2D eigenvalue weighted by atomic mass is 32.2. The fraction of sp³-hybridized carbons (Fsp3) is 0.0909. The maximum absolute atomic E-state index is 13.6. The van der Waals surface area contributed by atoms with Gasteiger partial charge in [0, 0.05) is 12.2 Å². The van der Waals surface area contributed by atoms with Crippen molar-refractivity contribution in [2.75, 3.05) is 17.2 Å². The van der Waals surface area contributed by atoms with E-state index in [2.05, 4.69) is 15.4 Å². The van der Waals surface area contributed by atoms with Crippen LogP contribution in [0.25, 0.3) is 0 Å². The number of hydrogen-bond donors (Lipinski definition) is 4. The summed E-state index contributed by atoms with van der Waals surface area (Å²) in [5.74, 6) is -5.58. The molecule has 178 valence electrons. The third-order valence-electron chi connectivity index (χ3n) is 4.45. The Morgan fingerprint density at radius 3 is 2.15 bits per heavy atom. The van der Waals surface area contributed by atoms with Gasteiger partial charge in [-0.2, -0.15) is 0 Å². The minimum atomic E-state index is -3.78. The number of amides is 3. The van der Waals surface area contributed by atoms with Crippen LogP contribution in [0.5, 0.6) is 0 Å². The summed E-state index contributed by atoms with van der Waals surface area (Å²) in [6.07, 6.45) is 0. The summed E-state index contributed by atoms with van der Waals surface area (Å²) in [5.41, 5.74) is 0.452. The van der Waals surface area contributed by atoms with Crippen LogP contribution < -0.4 is 20.7 Å². The molecule has 0 bridgehead atoms. The molecule has 34 heavy (non-hydrogen) atoms. The van der Waals surface area contributed by atoms with Gasteiger partial charge in [-0.25, -0.2) is 31.1 Å². The molecule has 0 spiro atoms. The fourth-order valence-electron chi connectivity index (χ4n) is 2.73. The van der Waals surface area contributed by atoms with Crippen molar-refractivity contribution in [1.29, 1.82) is 0 Å². The number of carbonyl (C=O) groups is 2. The van der Waals surface area contributed by atoms with Gasteiger partial charge in [0.2, 0.25) is 15.9 Å². The van der Waals surface area contributed by atoms with Gasteiger partial charge in [0.1, 0.15) is 0 Å². The molecule has 3 aromatic rings. The van der Waals surface area contributed by atoms with Gasteiger partial charge in [-0.15, -0.1) is 0 Å². The summed E-state index contributed by atoms with van der Waals surface area (Å²) < 4.78 is 67.0. The minimum absolute atomic E-state index is 0.0117. The van der Waals surface area contributed by atoms with E-state index >= 15 is 0 Å². The van der Waals surface area contributed by atoms with Gasteiger partial charge in [0.05, 0.1) is 17.1 Å². The maximum Gasteiger partial charge on any atom is 0.319 e. The molecular formula is C22H19F3N4O4S. The highest BCUT2D eigenvalue weighted by molar-refractivity contribution is 7.89. The molecule has 3 aromatic carbocycles. The molecule has 0 saturated carbocycles. The molecule has 3 rings (SSSR count). The first kappa shape index (κ1) is 24.7. The Bertz CT molecular complexity index is 1290. The smallest absolute Gasteiger partial charge is 0.319 e. The Balaban J connectivity index is 1.49. The van der Waals surface area contributed by atoms with Crippen molar-refractivity contribution in [1.82, 2.24) is 10.0 Å². The number of halogens is 3. The summed E-state index contributed by atoms with van der Waals surface area (Å²) in [6.45, 7) is -0.484. The van der Waals surface area contributed by atoms with E-state index in [1.54, 1.807) is 24.3 Å². The Hall–Kier alpha value is -3.90. The van der Waals surface area contributed by atoms with Crippen LogP contribution in [0.3, 0.4) is 0 Å². The van der Waals surface area contributed by atoms with Gasteiger partial charge >= 0.3 is 6.03 Å². The van der Waals surface area contributed by atoms with Crippen LogP contribution in [0.15, 0.2) is 71.6 Å². The van der Waals surface area contributed by atoms with Crippen LogP contribution in [-0.2, 0) is 21.4 Å². The molecule has 0 heterocycles. The number of rotatable bonds is 8. The summed E-state index contributed by atoms with van der Waals surface area (Å²) in [5, 5.41) is 6.60. The average Bonchev–Trinajstić information content (AvgIpc) is 2.83. The first-order valence-electron chi connectivity index (χ1n) is 9.77. The SMILES string of the molecule is O=C(CNC(=O)Nc1ccc(S(=O)(=O)NCc2ccccc2)cc1)Nc1ccc(F)c(F)c1F. The van der Waals surface area contributed by atoms with Crippen LogP contribution in [0.1, 0.15) is 5.56 Å². The third kappa shape index (κ3) is 6.56. The number of carbonyl (C=O) groups excluding carboxylic acids is 2. The third-order valence-corrected chi connectivity index (χ3v) is 5.87. The molecule has 0 aliphatic heterocycles. The van der Waals surface area contributed by atoms with Gasteiger partial charge in [0.15, 0.2) is 17.5 Å². The van der Waals surface area contributed by atoms with E-state index in [0.717, 1.165) is 11.6 Å². The predicted molar refractivity (Wildman–Crippen MR) is 119 cm³/mol. The van der Waals surface area contributed by atoms with Crippen LogP contribution >= 0.6 is 0 Å². The van der Waals surface area contributed by atoms with Gasteiger partial charge in [-0.05, 0) is 42.0 Å². The molecule has 0 unspecified atom stereocenters. The maximum atomic E-state index is 13.6. The molecule has 0 aromatic heterocycles. The highest BCUT2D eigenvalue weighted by Gasteiger charge is 2.16. The number of hydrogen-bond acceptors (Lipinski definition) is 4. The normalized spacial score (nSPS) is 11.0. The average molecular weight is 492 g/mol. The highest BCUT2D eigenvalue weighted by Crippen LogP contribution is 2.19.